The van der Waals surface area contributed by atoms with Gasteiger partial charge in [0.05, 0.1) is 6.10 Å². The van der Waals surface area contributed by atoms with Gasteiger partial charge in [-0.05, 0) is 26.5 Å². The molecule has 0 aliphatic heterocycles. The molecular formula is C15H30BN2O. The third-order valence-electron chi connectivity index (χ3n) is 3.59. The predicted molar refractivity (Wildman–Crippen MR) is 82.1 cm³/mol. The molecule has 3 nitrogen and oxygen atoms in total. The Hall–Kier alpha value is -0.525. The summed E-state index contributed by atoms with van der Waals surface area (Å²) >= 11 is 0. The SMILES string of the molecule is CCCCCCCCCCC(O)C([B]C#N)N(C)C. The van der Waals surface area contributed by atoms with E-state index in [1.54, 1.807) is 0 Å². The first-order chi connectivity index (χ1) is 9.13. The molecule has 1 radical (unpaired) electrons. The summed E-state index contributed by atoms with van der Waals surface area (Å²) in [4.78, 5) is 1.90. The van der Waals surface area contributed by atoms with Crippen LogP contribution < -0.4 is 0 Å². The van der Waals surface area contributed by atoms with E-state index in [9.17, 15) is 5.11 Å². The van der Waals surface area contributed by atoms with Gasteiger partial charge in [0.2, 0.25) is 0 Å². The van der Waals surface area contributed by atoms with Gasteiger partial charge < -0.3 is 10.0 Å². The minimum Gasteiger partial charge on any atom is -0.392 e. The van der Waals surface area contributed by atoms with Gasteiger partial charge in [-0.3, -0.25) is 0 Å². The van der Waals surface area contributed by atoms with Crippen molar-refractivity contribution in [2.75, 3.05) is 14.1 Å². The summed E-state index contributed by atoms with van der Waals surface area (Å²) in [5.74, 6) is 1.89. The Morgan fingerprint density at radius 3 is 2.05 bits per heavy atom. The Balaban J connectivity index is 3.56. The molecule has 2 unspecified atom stereocenters. The molecule has 1 N–H and O–H groups in total. The number of hydrogen-bond acceptors (Lipinski definition) is 3. The molecule has 0 spiro atoms. The van der Waals surface area contributed by atoms with Crippen LogP contribution in [0, 0.1) is 11.2 Å². The van der Waals surface area contributed by atoms with Gasteiger partial charge in [0.25, 0.3) is 7.28 Å². The van der Waals surface area contributed by atoms with E-state index in [1.165, 1.54) is 52.2 Å². The molecule has 0 aliphatic carbocycles. The molecule has 0 aromatic rings. The first kappa shape index (κ1) is 18.5. The smallest absolute Gasteiger partial charge is 0.277 e. The minimum absolute atomic E-state index is 0.144. The van der Waals surface area contributed by atoms with Gasteiger partial charge in [0.1, 0.15) is 0 Å². The highest BCUT2D eigenvalue weighted by molar-refractivity contribution is 6.47. The molecule has 0 fully saturated rings. The molecule has 19 heavy (non-hydrogen) atoms. The molecule has 0 aliphatic rings. The third-order valence-corrected chi connectivity index (χ3v) is 3.59. The summed E-state index contributed by atoms with van der Waals surface area (Å²) in [6.45, 7) is 2.24. The number of aliphatic hydroxyl groups is 1. The summed E-state index contributed by atoms with van der Waals surface area (Å²) in [6, 6.07) is 0. The average Bonchev–Trinajstić information content (AvgIpc) is 2.38. The fourth-order valence-electron chi connectivity index (χ4n) is 2.34. The Labute approximate surface area is 120 Å². The second-order valence-corrected chi connectivity index (χ2v) is 5.58. The molecule has 0 amide bonds. The van der Waals surface area contributed by atoms with Crippen LogP contribution in [0.25, 0.3) is 0 Å². The van der Waals surface area contributed by atoms with E-state index in [1.807, 2.05) is 25.0 Å². The number of likely N-dealkylation sites (N-methyl/N-ethyl adjacent to an activating group) is 1. The highest BCUT2D eigenvalue weighted by atomic mass is 16.3. The van der Waals surface area contributed by atoms with Crippen molar-refractivity contribution in [2.24, 2.45) is 0 Å². The molecule has 0 bridgehead atoms. The number of rotatable bonds is 12. The first-order valence-electron chi connectivity index (χ1n) is 7.71. The van der Waals surface area contributed by atoms with Gasteiger partial charge >= 0.3 is 0 Å². The first-order valence-corrected chi connectivity index (χ1v) is 7.71. The normalized spacial score (nSPS) is 14.1. The summed E-state index contributed by atoms with van der Waals surface area (Å²) in [5.41, 5.74) is 0. The maximum absolute atomic E-state index is 10.1. The summed E-state index contributed by atoms with van der Waals surface area (Å²) in [7, 11) is 5.32. The van der Waals surface area contributed by atoms with Gasteiger partial charge in [-0.1, -0.05) is 58.3 Å². The van der Waals surface area contributed by atoms with Crippen LogP contribution in [-0.4, -0.2) is 43.4 Å². The number of aliphatic hydroxyl groups excluding tert-OH is 1. The molecule has 0 aromatic heterocycles. The van der Waals surface area contributed by atoms with Crippen LogP contribution in [-0.2, 0) is 0 Å². The lowest BCUT2D eigenvalue weighted by molar-refractivity contribution is 0.104. The molecule has 109 valence electrons. The van der Waals surface area contributed by atoms with Crippen LogP contribution in [0.15, 0.2) is 0 Å². The zero-order valence-corrected chi connectivity index (χ0v) is 12.9. The largest absolute Gasteiger partial charge is 0.392 e. The van der Waals surface area contributed by atoms with Gasteiger partial charge in [-0.2, -0.15) is 0 Å². The Morgan fingerprint density at radius 1 is 1.05 bits per heavy atom. The van der Waals surface area contributed by atoms with Crippen molar-refractivity contribution in [2.45, 2.75) is 76.8 Å². The average molecular weight is 265 g/mol. The molecule has 2 atom stereocenters. The number of nitriles is 1. The maximum atomic E-state index is 10.1. The molecule has 0 saturated heterocycles. The second kappa shape index (κ2) is 12.5. The van der Waals surface area contributed by atoms with Crippen molar-refractivity contribution in [1.29, 1.82) is 5.26 Å². The van der Waals surface area contributed by atoms with Gasteiger partial charge in [0.15, 0.2) is 0 Å². The van der Waals surface area contributed by atoms with E-state index in [0.717, 1.165) is 12.8 Å². The predicted octanol–water partition coefficient (Wildman–Crippen LogP) is 2.95. The van der Waals surface area contributed by atoms with E-state index < -0.39 is 6.10 Å². The highest BCUT2D eigenvalue weighted by Gasteiger charge is 2.21. The highest BCUT2D eigenvalue weighted by Crippen LogP contribution is 2.12. The topological polar surface area (TPSA) is 47.3 Å². The third kappa shape index (κ3) is 9.98. The Bertz CT molecular complexity index is 241. The monoisotopic (exact) mass is 265 g/mol. The number of hydrogen-bond donors (Lipinski definition) is 1. The van der Waals surface area contributed by atoms with Crippen LogP contribution in [0.1, 0.15) is 64.7 Å². The van der Waals surface area contributed by atoms with Crippen LogP contribution >= 0.6 is 0 Å². The van der Waals surface area contributed by atoms with Gasteiger partial charge in [-0.15, -0.1) is 0 Å². The van der Waals surface area contributed by atoms with Crippen LogP contribution in [0.4, 0.5) is 0 Å². The fourth-order valence-corrected chi connectivity index (χ4v) is 2.34. The zero-order chi connectivity index (χ0) is 14.5. The van der Waals surface area contributed by atoms with Crippen molar-refractivity contribution in [1.82, 2.24) is 4.90 Å². The van der Waals surface area contributed by atoms with E-state index >= 15 is 0 Å². The molecule has 0 rings (SSSR count). The summed E-state index contributed by atoms with van der Waals surface area (Å²) < 4.78 is 0. The summed E-state index contributed by atoms with van der Waals surface area (Å²) in [6.07, 6.45) is 10.6. The van der Waals surface area contributed by atoms with Crippen molar-refractivity contribution < 1.29 is 5.11 Å². The lowest BCUT2D eigenvalue weighted by Gasteiger charge is -2.26. The molecule has 4 heteroatoms. The van der Waals surface area contributed by atoms with E-state index in [-0.39, 0.29) is 5.94 Å². The Kier molecular flexibility index (Phi) is 12.2. The zero-order valence-electron chi connectivity index (χ0n) is 12.9. The maximum Gasteiger partial charge on any atom is 0.277 e. The molecule has 0 saturated carbocycles. The minimum atomic E-state index is -0.422. The number of nitrogens with zero attached hydrogens (tertiary/aromatic N) is 2. The van der Waals surface area contributed by atoms with Crippen molar-refractivity contribution in [3.8, 4) is 5.97 Å². The van der Waals surface area contributed by atoms with Gasteiger partial charge in [0, 0.05) is 5.94 Å². The Morgan fingerprint density at radius 2 is 1.58 bits per heavy atom. The van der Waals surface area contributed by atoms with Crippen LogP contribution in [0.3, 0.4) is 0 Å². The molecule has 0 heterocycles. The summed E-state index contributed by atoms with van der Waals surface area (Å²) in [5, 5.41) is 18.8. The molecule has 0 aromatic carbocycles. The second-order valence-electron chi connectivity index (χ2n) is 5.58. The van der Waals surface area contributed by atoms with Crippen molar-refractivity contribution in [3.63, 3.8) is 0 Å². The van der Waals surface area contributed by atoms with Crippen LogP contribution in [0.2, 0.25) is 0 Å². The molecular weight excluding hydrogens is 235 g/mol. The van der Waals surface area contributed by atoms with Gasteiger partial charge in [-0.25, -0.2) is 5.26 Å². The van der Waals surface area contributed by atoms with Crippen molar-refractivity contribution in [3.05, 3.63) is 0 Å². The van der Waals surface area contributed by atoms with E-state index in [2.05, 4.69) is 6.92 Å². The fraction of sp³-hybridized carbons (Fsp3) is 0.933. The van der Waals surface area contributed by atoms with E-state index in [4.69, 9.17) is 5.26 Å². The lowest BCUT2D eigenvalue weighted by atomic mass is 9.67. The van der Waals surface area contributed by atoms with Crippen molar-refractivity contribution >= 4 is 7.28 Å². The quantitative estimate of drug-likeness (QED) is 0.436. The van der Waals surface area contributed by atoms with Crippen LogP contribution in [0.5, 0.6) is 0 Å². The van der Waals surface area contributed by atoms with E-state index in [0.29, 0.717) is 0 Å². The number of unbranched alkanes of at least 4 members (excludes halogenated alkanes) is 7. The standard InChI is InChI=1S/C15H30BN2O/c1-4-5-6-7-8-9-10-11-12-14(19)15(16-13-17)18(2)3/h14-15,19H,4-12H2,1-3H3. The lowest BCUT2D eigenvalue weighted by Crippen LogP contribution is -2.43.